The van der Waals surface area contributed by atoms with Crippen LogP contribution in [0.3, 0.4) is 0 Å². The van der Waals surface area contributed by atoms with Gasteiger partial charge in [0.1, 0.15) is 11.4 Å². The van der Waals surface area contributed by atoms with Crippen LogP contribution in [0.2, 0.25) is 0 Å². The van der Waals surface area contributed by atoms with E-state index >= 15 is 0 Å². The molecule has 2 atom stereocenters. The Morgan fingerprint density at radius 1 is 1.14 bits per heavy atom. The van der Waals surface area contributed by atoms with E-state index in [9.17, 15) is 5.11 Å². The van der Waals surface area contributed by atoms with Gasteiger partial charge in [-0.1, -0.05) is 41.6 Å². The van der Waals surface area contributed by atoms with Crippen molar-refractivity contribution in [3.63, 3.8) is 0 Å². The molecular weight excluding hydrogens is 460 g/mol. The minimum atomic E-state index is -0.495. The molecule has 1 unspecified atom stereocenters. The van der Waals surface area contributed by atoms with Gasteiger partial charge in [-0.25, -0.2) is 4.98 Å². The first-order valence-corrected chi connectivity index (χ1v) is 11.6. The second-order valence-electron chi connectivity index (χ2n) is 9.02. The first-order valence-electron chi connectivity index (χ1n) is 11.6. The molecule has 10 nitrogen and oxygen atoms in total. The number of aromatic nitrogens is 4. The fraction of sp³-hybridized carbons (Fsp3) is 0.308. The number of anilines is 3. The molecule has 0 saturated carbocycles. The average Bonchev–Trinajstić information content (AvgIpc) is 3.43. The van der Waals surface area contributed by atoms with Gasteiger partial charge in [0.2, 0.25) is 5.95 Å². The fourth-order valence-corrected chi connectivity index (χ4v) is 4.26. The topological polar surface area (TPSA) is 127 Å². The van der Waals surface area contributed by atoms with Crippen molar-refractivity contribution in [3.05, 3.63) is 77.2 Å². The Labute approximate surface area is 208 Å². The molecule has 5 rings (SSSR count). The lowest BCUT2D eigenvalue weighted by Gasteiger charge is -2.20. The van der Waals surface area contributed by atoms with Crippen LogP contribution in [-0.2, 0) is 15.1 Å². The third kappa shape index (κ3) is 4.66. The molecular formula is C26H28N6O4. The van der Waals surface area contributed by atoms with Crippen molar-refractivity contribution in [1.29, 1.82) is 0 Å². The zero-order valence-corrected chi connectivity index (χ0v) is 20.5. The van der Waals surface area contributed by atoms with Crippen LogP contribution in [0.5, 0.6) is 0 Å². The lowest BCUT2D eigenvalue weighted by Crippen LogP contribution is -2.17. The number of aliphatic hydroxyl groups is 1. The molecule has 4 aromatic rings. The Hall–Kier alpha value is -3.86. The van der Waals surface area contributed by atoms with Crippen LogP contribution in [0.4, 0.5) is 17.5 Å². The highest BCUT2D eigenvalue weighted by atomic mass is 16.7. The minimum absolute atomic E-state index is 0.139. The number of aryl methyl sites for hydroxylation is 1. The zero-order chi connectivity index (χ0) is 25.3. The molecule has 0 amide bonds. The van der Waals surface area contributed by atoms with Crippen molar-refractivity contribution in [3.8, 4) is 11.5 Å². The van der Waals surface area contributed by atoms with Crippen LogP contribution in [0.15, 0.2) is 59.3 Å². The second kappa shape index (κ2) is 9.65. The first kappa shape index (κ1) is 23.9. The number of hydrogen-bond donors (Lipinski definition) is 3. The maximum atomic E-state index is 10.1. The third-order valence-corrected chi connectivity index (χ3v) is 6.07. The van der Waals surface area contributed by atoms with E-state index in [-0.39, 0.29) is 12.5 Å². The number of hydrogen-bond acceptors (Lipinski definition) is 10. The first-order chi connectivity index (χ1) is 17.4. The Kier molecular flexibility index (Phi) is 6.40. The van der Waals surface area contributed by atoms with E-state index in [2.05, 4.69) is 25.8 Å². The monoisotopic (exact) mass is 488 g/mol. The van der Waals surface area contributed by atoms with Gasteiger partial charge < -0.3 is 29.7 Å². The van der Waals surface area contributed by atoms with E-state index in [1.807, 2.05) is 62.4 Å². The molecule has 0 bridgehead atoms. The van der Waals surface area contributed by atoms with Gasteiger partial charge in [0, 0.05) is 24.6 Å². The Bertz CT molecular complexity index is 1360. The van der Waals surface area contributed by atoms with E-state index in [1.165, 1.54) is 0 Å². The Morgan fingerprint density at radius 2 is 1.94 bits per heavy atom. The molecule has 0 spiro atoms. The summed E-state index contributed by atoms with van der Waals surface area (Å²) in [6, 6.07) is 15.2. The summed E-state index contributed by atoms with van der Waals surface area (Å²) in [6.07, 6.45) is 1.22. The quantitative estimate of drug-likeness (QED) is 0.323. The smallest absolute Gasteiger partial charge is 0.263 e. The normalized spacial score (nSPS) is 17.0. The van der Waals surface area contributed by atoms with Crippen molar-refractivity contribution in [2.45, 2.75) is 38.7 Å². The number of fused-ring (bicyclic) bond motifs is 1. The molecule has 0 radical (unpaired) electrons. The van der Waals surface area contributed by atoms with E-state index in [0.717, 1.165) is 22.4 Å². The van der Waals surface area contributed by atoms with Crippen LogP contribution >= 0.6 is 0 Å². The molecule has 36 heavy (non-hydrogen) atoms. The van der Waals surface area contributed by atoms with Gasteiger partial charge in [0.05, 0.1) is 18.2 Å². The molecule has 0 saturated heterocycles. The van der Waals surface area contributed by atoms with E-state index in [4.69, 9.17) is 19.0 Å². The molecule has 2 aromatic heterocycles. The highest BCUT2D eigenvalue weighted by Gasteiger charge is 2.38. The summed E-state index contributed by atoms with van der Waals surface area (Å²) in [5.74, 6) is 1.59. The maximum absolute atomic E-state index is 10.1. The summed E-state index contributed by atoms with van der Waals surface area (Å²) in [5.41, 5.74) is 3.77. The average molecular weight is 489 g/mol. The van der Waals surface area contributed by atoms with Gasteiger partial charge in [-0.15, -0.1) is 0 Å². The van der Waals surface area contributed by atoms with Crippen molar-refractivity contribution in [2.75, 3.05) is 24.4 Å². The van der Waals surface area contributed by atoms with Crippen molar-refractivity contribution in [2.24, 2.45) is 0 Å². The summed E-state index contributed by atoms with van der Waals surface area (Å²) >= 11 is 0. The van der Waals surface area contributed by atoms with Crippen LogP contribution in [0.25, 0.3) is 11.5 Å². The molecule has 1 aliphatic heterocycles. The predicted octanol–water partition coefficient (Wildman–Crippen LogP) is 4.63. The van der Waals surface area contributed by atoms with Crippen molar-refractivity contribution >= 4 is 17.5 Å². The van der Waals surface area contributed by atoms with Gasteiger partial charge in [0.25, 0.3) is 5.89 Å². The van der Waals surface area contributed by atoms with Gasteiger partial charge in [-0.2, -0.15) is 9.97 Å². The summed E-state index contributed by atoms with van der Waals surface area (Å²) in [7, 11) is 1.63. The second-order valence-corrected chi connectivity index (χ2v) is 9.02. The summed E-state index contributed by atoms with van der Waals surface area (Å²) in [4.78, 5) is 13.5. The van der Waals surface area contributed by atoms with Gasteiger partial charge in [0.15, 0.2) is 12.1 Å². The molecule has 3 heterocycles. The number of nitrogens with zero attached hydrogens (tertiary/aromatic N) is 4. The molecule has 186 valence electrons. The van der Waals surface area contributed by atoms with E-state index in [1.54, 1.807) is 20.2 Å². The van der Waals surface area contributed by atoms with Crippen LogP contribution in [-0.4, -0.2) is 38.9 Å². The number of nitrogens with one attached hydrogen (secondary N) is 2. The van der Waals surface area contributed by atoms with Gasteiger partial charge in [-0.3, -0.25) is 0 Å². The summed E-state index contributed by atoms with van der Waals surface area (Å²) in [5, 5.41) is 20.6. The lowest BCUT2D eigenvalue weighted by molar-refractivity contribution is -0.175. The minimum Gasteiger partial charge on any atom is -0.394 e. The molecule has 0 aliphatic carbocycles. The number of rotatable bonds is 8. The van der Waals surface area contributed by atoms with E-state index < -0.39 is 17.9 Å². The third-order valence-electron chi connectivity index (χ3n) is 6.07. The van der Waals surface area contributed by atoms with Gasteiger partial charge >= 0.3 is 0 Å². The van der Waals surface area contributed by atoms with Crippen LogP contribution < -0.4 is 10.6 Å². The Morgan fingerprint density at radius 3 is 2.64 bits per heavy atom. The highest BCUT2D eigenvalue weighted by Crippen LogP contribution is 2.44. The maximum Gasteiger partial charge on any atom is 0.263 e. The number of ether oxygens (including phenoxy) is 2. The van der Waals surface area contributed by atoms with Crippen LogP contribution in [0, 0.1) is 6.92 Å². The molecule has 3 N–H and O–H groups in total. The molecule has 10 heteroatoms. The van der Waals surface area contributed by atoms with Crippen molar-refractivity contribution in [1.82, 2.24) is 20.1 Å². The van der Waals surface area contributed by atoms with Gasteiger partial charge in [-0.05, 0) is 44.0 Å². The summed E-state index contributed by atoms with van der Waals surface area (Å²) in [6.45, 7) is 5.62. The predicted molar refractivity (Wildman–Crippen MR) is 134 cm³/mol. The standard InChI is InChI=1S/C26H28N6O4/c1-15-28-23(36-32-15)19-13-27-25(31-22(19)30-21(14-33)16-8-6-5-7-9-16)29-17-10-11-18-20(12-17)26(2,3)35-24(18)34-4/h5-13,21,24,33H,14H2,1-4H3,(H2,27,29,30,31)/t21-,24?/m1/s1. The fourth-order valence-electron chi connectivity index (χ4n) is 4.26. The van der Waals surface area contributed by atoms with Crippen LogP contribution in [0.1, 0.15) is 48.7 Å². The molecule has 2 aromatic carbocycles. The molecule has 1 aliphatic rings. The van der Waals surface area contributed by atoms with Crippen molar-refractivity contribution < 1.29 is 19.1 Å². The van der Waals surface area contributed by atoms with E-state index in [0.29, 0.717) is 23.2 Å². The highest BCUT2D eigenvalue weighted by molar-refractivity contribution is 5.71. The number of methoxy groups -OCH3 is 1. The summed E-state index contributed by atoms with van der Waals surface area (Å²) < 4.78 is 16.9. The zero-order valence-electron chi connectivity index (χ0n) is 20.5. The SMILES string of the molecule is COC1OC(C)(C)c2cc(Nc3ncc(-c4nc(C)no4)c(N[C@H](CO)c4ccccc4)n3)ccc21. The largest absolute Gasteiger partial charge is 0.394 e. The Balaban J connectivity index is 1.49. The molecule has 0 fully saturated rings. The number of benzene rings is 2. The lowest BCUT2D eigenvalue weighted by atomic mass is 9.95. The number of aliphatic hydroxyl groups excluding tert-OH is 1.